The fourth-order valence-electron chi connectivity index (χ4n) is 2.66. The number of pyridine rings is 1. The molecule has 5 heteroatoms. The predicted molar refractivity (Wildman–Crippen MR) is 90.2 cm³/mol. The van der Waals surface area contributed by atoms with Crippen molar-refractivity contribution in [3.63, 3.8) is 0 Å². The fraction of sp³-hybridized carbons (Fsp3) is 0.176. The Bertz CT molecular complexity index is 967. The topological polar surface area (TPSA) is 35.1 Å². The number of imidazole rings is 2. The summed E-state index contributed by atoms with van der Waals surface area (Å²) in [4.78, 5) is 9.41. The van der Waals surface area contributed by atoms with Gasteiger partial charge in [-0.2, -0.15) is 0 Å². The number of hydrogen-bond donors (Lipinski definition) is 0. The van der Waals surface area contributed by atoms with Gasteiger partial charge in [0.25, 0.3) is 0 Å². The summed E-state index contributed by atoms with van der Waals surface area (Å²) in [7, 11) is 2.06. The average Bonchev–Trinajstić information content (AvgIpc) is 3.08. The summed E-state index contributed by atoms with van der Waals surface area (Å²) in [6.07, 6.45) is 4.14. The summed E-state index contributed by atoms with van der Waals surface area (Å²) in [6, 6.07) is 12.4. The Kier molecular flexibility index (Phi) is 3.15. The third-order valence-corrected chi connectivity index (χ3v) is 4.89. The van der Waals surface area contributed by atoms with Crippen LogP contribution < -0.4 is 0 Å². The maximum atomic E-state index is 4.72. The van der Waals surface area contributed by atoms with Gasteiger partial charge in [-0.1, -0.05) is 30.0 Å². The van der Waals surface area contributed by atoms with E-state index in [-0.39, 0.29) is 0 Å². The molecule has 0 unspecified atom stereocenters. The number of aromatic nitrogens is 4. The molecule has 3 heterocycles. The number of rotatable bonds is 3. The van der Waals surface area contributed by atoms with E-state index in [1.165, 1.54) is 5.56 Å². The van der Waals surface area contributed by atoms with Crippen LogP contribution in [0.15, 0.2) is 53.9 Å². The minimum absolute atomic E-state index is 0.818. The van der Waals surface area contributed by atoms with Crippen LogP contribution in [0.5, 0.6) is 0 Å². The van der Waals surface area contributed by atoms with Gasteiger partial charge >= 0.3 is 0 Å². The number of benzene rings is 1. The molecule has 4 nitrogen and oxygen atoms in total. The summed E-state index contributed by atoms with van der Waals surface area (Å²) >= 11 is 1.72. The first kappa shape index (κ1) is 13.4. The van der Waals surface area contributed by atoms with Crippen molar-refractivity contribution in [3.8, 4) is 0 Å². The van der Waals surface area contributed by atoms with Gasteiger partial charge in [0, 0.05) is 25.2 Å². The number of fused-ring (bicyclic) bond motifs is 2. The van der Waals surface area contributed by atoms with Crippen LogP contribution >= 0.6 is 11.8 Å². The molecular weight excluding hydrogens is 292 g/mol. The molecule has 0 amide bonds. The van der Waals surface area contributed by atoms with Crippen molar-refractivity contribution in [1.82, 2.24) is 18.9 Å². The predicted octanol–water partition coefficient (Wildman–Crippen LogP) is 3.82. The highest BCUT2D eigenvalue weighted by molar-refractivity contribution is 7.98. The van der Waals surface area contributed by atoms with Crippen LogP contribution in [0.25, 0.3) is 16.7 Å². The Morgan fingerprint density at radius 2 is 1.95 bits per heavy atom. The second-order valence-electron chi connectivity index (χ2n) is 5.39. The molecule has 0 saturated heterocycles. The third-order valence-electron chi connectivity index (χ3n) is 3.82. The molecule has 0 saturated carbocycles. The van der Waals surface area contributed by atoms with Crippen LogP contribution in [0.4, 0.5) is 0 Å². The molecule has 0 N–H and O–H groups in total. The minimum atomic E-state index is 0.818. The molecule has 0 aliphatic carbocycles. The van der Waals surface area contributed by atoms with Gasteiger partial charge in [0.15, 0.2) is 5.16 Å². The summed E-state index contributed by atoms with van der Waals surface area (Å²) in [5.41, 5.74) is 5.50. The van der Waals surface area contributed by atoms with Crippen molar-refractivity contribution < 1.29 is 0 Å². The molecule has 1 aromatic carbocycles. The van der Waals surface area contributed by atoms with Gasteiger partial charge in [-0.05, 0) is 30.7 Å². The van der Waals surface area contributed by atoms with E-state index in [2.05, 4.69) is 41.3 Å². The molecule has 0 spiro atoms. The lowest BCUT2D eigenvalue weighted by Gasteiger charge is -2.00. The number of aryl methyl sites for hydroxylation is 2. The zero-order valence-corrected chi connectivity index (χ0v) is 13.3. The van der Waals surface area contributed by atoms with E-state index < -0.39 is 0 Å². The Morgan fingerprint density at radius 1 is 1.09 bits per heavy atom. The average molecular weight is 308 g/mol. The summed E-state index contributed by atoms with van der Waals surface area (Å²) in [5.74, 6) is 0.818. The first-order chi connectivity index (χ1) is 10.7. The fourth-order valence-corrected chi connectivity index (χ4v) is 3.54. The summed E-state index contributed by atoms with van der Waals surface area (Å²) in [6.45, 7) is 2.09. The standard InChI is InChI=1S/C17H16N4S/c1-12-6-5-9-21-10-13(18-16(12)21)11-22-17-19-14-7-3-4-8-15(14)20(17)2/h3-10H,11H2,1-2H3. The molecule has 110 valence electrons. The largest absolute Gasteiger partial charge is 0.322 e. The number of nitrogens with zero attached hydrogens (tertiary/aromatic N) is 4. The van der Waals surface area contributed by atoms with Crippen molar-refractivity contribution in [2.75, 3.05) is 0 Å². The van der Waals surface area contributed by atoms with E-state index in [0.29, 0.717) is 0 Å². The zero-order valence-electron chi connectivity index (χ0n) is 12.5. The Labute approximate surface area is 132 Å². The monoisotopic (exact) mass is 308 g/mol. The van der Waals surface area contributed by atoms with Crippen molar-refractivity contribution in [2.45, 2.75) is 17.8 Å². The van der Waals surface area contributed by atoms with Gasteiger partial charge in [0.2, 0.25) is 0 Å². The van der Waals surface area contributed by atoms with Gasteiger partial charge in [-0.15, -0.1) is 0 Å². The molecule has 4 rings (SSSR count). The number of hydrogen-bond acceptors (Lipinski definition) is 3. The molecular formula is C17H16N4S. The molecule has 22 heavy (non-hydrogen) atoms. The van der Waals surface area contributed by atoms with E-state index in [1.807, 2.05) is 30.5 Å². The number of thioether (sulfide) groups is 1. The van der Waals surface area contributed by atoms with E-state index in [4.69, 9.17) is 9.97 Å². The van der Waals surface area contributed by atoms with Crippen LogP contribution in [0.3, 0.4) is 0 Å². The van der Waals surface area contributed by atoms with Crippen LogP contribution in [0, 0.1) is 6.92 Å². The van der Waals surface area contributed by atoms with Crippen LogP contribution in [-0.4, -0.2) is 18.9 Å². The molecule has 4 aromatic rings. The van der Waals surface area contributed by atoms with Gasteiger partial charge in [0.05, 0.1) is 16.7 Å². The lowest BCUT2D eigenvalue weighted by atomic mass is 10.3. The zero-order chi connectivity index (χ0) is 15.1. The second kappa shape index (κ2) is 5.18. The molecule has 0 radical (unpaired) electrons. The van der Waals surface area contributed by atoms with Gasteiger partial charge in [0.1, 0.15) is 5.65 Å². The highest BCUT2D eigenvalue weighted by Crippen LogP contribution is 2.25. The quantitative estimate of drug-likeness (QED) is 0.540. The van der Waals surface area contributed by atoms with E-state index in [9.17, 15) is 0 Å². The Morgan fingerprint density at radius 3 is 2.77 bits per heavy atom. The Hall–Kier alpha value is -2.27. The molecule has 0 bridgehead atoms. The van der Waals surface area contributed by atoms with Crippen molar-refractivity contribution >= 4 is 28.4 Å². The SMILES string of the molecule is Cc1cccn2cc(CSc3nc4ccccc4n3C)nc12. The maximum absolute atomic E-state index is 4.72. The third kappa shape index (κ3) is 2.18. The maximum Gasteiger partial charge on any atom is 0.169 e. The van der Waals surface area contributed by atoms with Gasteiger partial charge in [-0.25, -0.2) is 9.97 Å². The lowest BCUT2D eigenvalue weighted by Crippen LogP contribution is -1.91. The van der Waals surface area contributed by atoms with Crippen molar-refractivity contribution in [3.05, 3.63) is 60.0 Å². The van der Waals surface area contributed by atoms with E-state index in [1.54, 1.807) is 11.8 Å². The van der Waals surface area contributed by atoms with Crippen LogP contribution in [-0.2, 0) is 12.8 Å². The second-order valence-corrected chi connectivity index (χ2v) is 6.33. The minimum Gasteiger partial charge on any atom is -0.322 e. The van der Waals surface area contributed by atoms with E-state index in [0.717, 1.165) is 33.3 Å². The highest BCUT2D eigenvalue weighted by atomic mass is 32.2. The number of para-hydroxylation sites is 2. The first-order valence-electron chi connectivity index (χ1n) is 7.20. The summed E-state index contributed by atoms with van der Waals surface area (Å²) < 4.78 is 4.22. The van der Waals surface area contributed by atoms with Gasteiger partial charge in [-0.3, -0.25) is 0 Å². The normalized spacial score (nSPS) is 11.5. The molecule has 0 aliphatic heterocycles. The van der Waals surface area contributed by atoms with Crippen LogP contribution in [0.2, 0.25) is 0 Å². The highest BCUT2D eigenvalue weighted by Gasteiger charge is 2.09. The van der Waals surface area contributed by atoms with E-state index >= 15 is 0 Å². The van der Waals surface area contributed by atoms with Crippen molar-refractivity contribution in [1.29, 1.82) is 0 Å². The molecule has 0 fully saturated rings. The smallest absolute Gasteiger partial charge is 0.169 e. The Balaban J connectivity index is 1.62. The van der Waals surface area contributed by atoms with Crippen molar-refractivity contribution in [2.24, 2.45) is 7.05 Å². The first-order valence-corrected chi connectivity index (χ1v) is 8.18. The molecule has 3 aromatic heterocycles. The molecule has 0 aliphatic rings. The summed E-state index contributed by atoms with van der Waals surface area (Å²) in [5, 5.41) is 1.02. The van der Waals surface area contributed by atoms with Crippen LogP contribution in [0.1, 0.15) is 11.3 Å². The van der Waals surface area contributed by atoms with Gasteiger partial charge < -0.3 is 8.97 Å². The lowest BCUT2D eigenvalue weighted by molar-refractivity contribution is 0.814. The molecule has 0 atom stereocenters.